The molecule has 2 aromatic rings. The molecule has 86 valence electrons. The van der Waals surface area contributed by atoms with E-state index in [0.29, 0.717) is 16.5 Å². The van der Waals surface area contributed by atoms with Crippen LogP contribution < -0.4 is 0 Å². The number of benzene rings is 2. The lowest BCUT2D eigenvalue weighted by Crippen LogP contribution is -2.33. The van der Waals surface area contributed by atoms with Crippen LogP contribution in [0.3, 0.4) is 0 Å². The van der Waals surface area contributed by atoms with Gasteiger partial charge in [0.2, 0.25) is 5.78 Å². The molecule has 0 saturated heterocycles. The molecule has 0 fully saturated rings. The van der Waals surface area contributed by atoms with Crippen molar-refractivity contribution >= 4 is 16.6 Å². The van der Waals surface area contributed by atoms with Gasteiger partial charge in [-0.25, -0.2) is 0 Å². The predicted octanol–water partition coefficient (Wildman–Crippen LogP) is 2.30. The maximum absolute atomic E-state index is 12.3. The van der Waals surface area contributed by atoms with Crippen LogP contribution in [0, 0.1) is 11.3 Å². The lowest BCUT2D eigenvalue weighted by atomic mass is 9.87. The van der Waals surface area contributed by atoms with E-state index in [4.69, 9.17) is 5.26 Å². The zero-order valence-electron chi connectivity index (χ0n) is 9.47. The van der Waals surface area contributed by atoms with Crippen LogP contribution in [-0.2, 0) is 5.60 Å². The zero-order valence-corrected chi connectivity index (χ0v) is 9.47. The number of Topliss-reactive ketones (excluding diaryl/α,β-unsaturated/α-hetero) is 1. The minimum Gasteiger partial charge on any atom is -0.372 e. The van der Waals surface area contributed by atoms with Gasteiger partial charge in [-0.2, -0.15) is 5.26 Å². The second-order valence-corrected chi connectivity index (χ2v) is 4.34. The van der Waals surface area contributed by atoms with Crippen LogP contribution in [0.2, 0.25) is 0 Å². The Morgan fingerprint density at radius 2 is 1.94 bits per heavy atom. The summed E-state index contributed by atoms with van der Waals surface area (Å²) in [6.07, 6.45) is 0. The van der Waals surface area contributed by atoms with Gasteiger partial charge >= 0.3 is 0 Å². The zero-order chi connectivity index (χ0) is 12.9. The fourth-order valence-electron chi connectivity index (χ4n) is 2.53. The first-order valence-corrected chi connectivity index (χ1v) is 5.49. The number of nitrogens with zero attached hydrogens (tertiary/aromatic N) is 1. The van der Waals surface area contributed by atoms with Crippen molar-refractivity contribution in [1.82, 2.24) is 0 Å². The lowest BCUT2D eigenvalue weighted by Gasteiger charge is -2.20. The van der Waals surface area contributed by atoms with Crippen molar-refractivity contribution in [2.75, 3.05) is 0 Å². The summed E-state index contributed by atoms with van der Waals surface area (Å²) in [6.45, 7) is 3.52. The highest BCUT2D eigenvalue weighted by atomic mass is 16.3. The Kier molecular flexibility index (Phi) is 1.95. The molecule has 0 heterocycles. The smallest absolute Gasteiger partial charge is 0.205 e. The fourth-order valence-corrected chi connectivity index (χ4v) is 2.53. The van der Waals surface area contributed by atoms with Gasteiger partial charge in [-0.15, -0.1) is 0 Å². The summed E-state index contributed by atoms with van der Waals surface area (Å²) in [7, 11) is 0. The predicted molar refractivity (Wildman–Crippen MR) is 66.9 cm³/mol. The van der Waals surface area contributed by atoms with E-state index in [1.807, 2.05) is 12.1 Å². The molecule has 3 heteroatoms. The van der Waals surface area contributed by atoms with Crippen molar-refractivity contribution < 1.29 is 9.90 Å². The summed E-state index contributed by atoms with van der Waals surface area (Å²) < 4.78 is 0. The minimum absolute atomic E-state index is 0.142. The van der Waals surface area contributed by atoms with Crippen molar-refractivity contribution in [3.8, 4) is 6.07 Å². The van der Waals surface area contributed by atoms with Crippen LogP contribution >= 0.6 is 0 Å². The van der Waals surface area contributed by atoms with E-state index >= 15 is 0 Å². The highest BCUT2D eigenvalue weighted by molar-refractivity contribution is 6.21. The van der Waals surface area contributed by atoms with Crippen LogP contribution in [0.1, 0.15) is 15.9 Å². The van der Waals surface area contributed by atoms with Crippen molar-refractivity contribution in [2.45, 2.75) is 5.60 Å². The van der Waals surface area contributed by atoms with Crippen molar-refractivity contribution in [3.63, 3.8) is 0 Å². The third-order valence-corrected chi connectivity index (χ3v) is 3.44. The van der Waals surface area contributed by atoms with Gasteiger partial charge in [-0.05, 0) is 10.8 Å². The number of rotatable bonds is 1. The van der Waals surface area contributed by atoms with Crippen molar-refractivity contribution in [1.29, 1.82) is 5.26 Å². The van der Waals surface area contributed by atoms with Gasteiger partial charge in [0.05, 0.1) is 11.6 Å². The number of aliphatic hydroxyl groups is 1. The molecule has 0 aliphatic heterocycles. The van der Waals surface area contributed by atoms with E-state index in [1.54, 1.807) is 30.3 Å². The molecule has 1 aliphatic carbocycles. The Bertz CT molecular complexity index is 749. The average molecular weight is 235 g/mol. The Labute approximate surface area is 104 Å². The van der Waals surface area contributed by atoms with Crippen LogP contribution in [0.15, 0.2) is 48.6 Å². The Hall–Kier alpha value is -2.44. The quantitative estimate of drug-likeness (QED) is 0.771. The van der Waals surface area contributed by atoms with Gasteiger partial charge in [0.15, 0.2) is 5.60 Å². The third kappa shape index (κ3) is 1.03. The highest BCUT2D eigenvalue weighted by Gasteiger charge is 2.48. The number of hydrogen-bond donors (Lipinski definition) is 1. The molecule has 18 heavy (non-hydrogen) atoms. The molecule has 0 aromatic heterocycles. The van der Waals surface area contributed by atoms with Gasteiger partial charge in [0.1, 0.15) is 0 Å². The van der Waals surface area contributed by atoms with Gasteiger partial charge in [-0.3, -0.25) is 4.79 Å². The molecule has 0 amide bonds. The summed E-state index contributed by atoms with van der Waals surface area (Å²) in [6, 6.07) is 12.4. The standard InChI is InChI=1S/C15H9NO2/c1-9(8-16)15(18)12-7-3-5-10-4-2-6-11(13(10)12)14(15)17/h2-7,18H,1H2/t15-/m1/s1. The number of ketones is 1. The summed E-state index contributed by atoms with van der Waals surface area (Å²) in [5, 5.41) is 21.1. The molecular weight excluding hydrogens is 226 g/mol. The van der Waals surface area contributed by atoms with Crippen LogP contribution in [0.4, 0.5) is 0 Å². The van der Waals surface area contributed by atoms with E-state index < -0.39 is 11.4 Å². The van der Waals surface area contributed by atoms with E-state index in [0.717, 1.165) is 5.39 Å². The summed E-state index contributed by atoms with van der Waals surface area (Å²) in [5.41, 5.74) is -1.15. The molecular formula is C15H9NO2. The van der Waals surface area contributed by atoms with Gasteiger partial charge < -0.3 is 5.11 Å². The van der Waals surface area contributed by atoms with Crippen LogP contribution in [0.25, 0.3) is 10.8 Å². The monoisotopic (exact) mass is 235 g/mol. The Balaban J connectivity index is 2.47. The second kappa shape index (κ2) is 3.28. The molecule has 0 unspecified atom stereocenters. The van der Waals surface area contributed by atoms with E-state index in [9.17, 15) is 9.90 Å². The summed E-state index contributed by atoms with van der Waals surface area (Å²) in [4.78, 5) is 12.3. The maximum Gasteiger partial charge on any atom is 0.205 e. The number of hydrogen-bond acceptors (Lipinski definition) is 3. The molecule has 1 atom stereocenters. The average Bonchev–Trinajstić information content (AvgIpc) is 2.64. The molecule has 0 saturated carbocycles. The van der Waals surface area contributed by atoms with Crippen molar-refractivity contribution in [2.24, 2.45) is 0 Å². The van der Waals surface area contributed by atoms with Crippen molar-refractivity contribution in [3.05, 3.63) is 59.7 Å². The maximum atomic E-state index is 12.3. The van der Waals surface area contributed by atoms with Gasteiger partial charge in [-0.1, -0.05) is 43.0 Å². The topological polar surface area (TPSA) is 61.1 Å². The molecule has 3 nitrogen and oxygen atoms in total. The second-order valence-electron chi connectivity index (χ2n) is 4.34. The molecule has 0 bridgehead atoms. The van der Waals surface area contributed by atoms with E-state index in [-0.39, 0.29) is 5.57 Å². The molecule has 1 N–H and O–H groups in total. The normalized spacial score (nSPS) is 21.0. The highest BCUT2D eigenvalue weighted by Crippen LogP contribution is 2.44. The molecule has 1 aliphatic rings. The summed E-state index contributed by atoms with van der Waals surface area (Å²) in [5.74, 6) is -0.471. The fraction of sp³-hybridized carbons (Fsp3) is 0.0667. The largest absolute Gasteiger partial charge is 0.372 e. The van der Waals surface area contributed by atoms with Crippen LogP contribution in [0.5, 0.6) is 0 Å². The van der Waals surface area contributed by atoms with E-state index in [2.05, 4.69) is 6.58 Å². The Morgan fingerprint density at radius 1 is 1.28 bits per heavy atom. The lowest BCUT2D eigenvalue weighted by molar-refractivity contribution is 0.0519. The number of nitriles is 1. The summed E-state index contributed by atoms with van der Waals surface area (Å²) >= 11 is 0. The molecule has 3 rings (SSSR count). The first-order chi connectivity index (χ1) is 8.60. The minimum atomic E-state index is -1.90. The van der Waals surface area contributed by atoms with Gasteiger partial charge in [0, 0.05) is 11.1 Å². The van der Waals surface area contributed by atoms with E-state index in [1.165, 1.54) is 0 Å². The number of carbonyl (C=O) groups is 1. The number of carbonyl (C=O) groups excluding carboxylic acids is 1. The molecule has 0 radical (unpaired) electrons. The first-order valence-electron chi connectivity index (χ1n) is 5.49. The molecule has 0 spiro atoms. The molecule has 2 aromatic carbocycles. The first kappa shape index (κ1) is 10.7. The third-order valence-electron chi connectivity index (χ3n) is 3.44. The SMILES string of the molecule is C=C(C#N)[C@]1(O)C(=O)c2cccc3cccc1c23. The Morgan fingerprint density at radius 3 is 2.61 bits per heavy atom. The van der Waals surface area contributed by atoms with Gasteiger partial charge in [0.25, 0.3) is 0 Å². The van der Waals surface area contributed by atoms with Crippen LogP contribution in [-0.4, -0.2) is 10.9 Å².